The third-order valence-corrected chi connectivity index (χ3v) is 6.27. The lowest BCUT2D eigenvalue weighted by Gasteiger charge is -2.24. The van der Waals surface area contributed by atoms with Gasteiger partial charge in [0, 0.05) is 24.5 Å². The minimum atomic E-state index is -0.0936. The topological polar surface area (TPSA) is 61.4 Å². The summed E-state index contributed by atoms with van der Waals surface area (Å²) in [4.78, 5) is 26.8. The summed E-state index contributed by atoms with van der Waals surface area (Å²) in [6.07, 6.45) is 6.25. The van der Waals surface area contributed by atoms with E-state index >= 15 is 0 Å². The van der Waals surface area contributed by atoms with Crippen LogP contribution < -0.4 is 15.5 Å². The van der Waals surface area contributed by atoms with Gasteiger partial charge in [-0.05, 0) is 55.0 Å². The van der Waals surface area contributed by atoms with Gasteiger partial charge in [0.05, 0.1) is 12.5 Å². The molecule has 2 aliphatic rings. The molecule has 0 radical (unpaired) electrons. The van der Waals surface area contributed by atoms with Gasteiger partial charge in [0.25, 0.3) is 0 Å². The first-order valence-electron chi connectivity index (χ1n) is 10.6. The fourth-order valence-electron chi connectivity index (χ4n) is 4.55. The molecule has 2 aromatic carbocycles. The summed E-state index contributed by atoms with van der Waals surface area (Å²) < 4.78 is 0. The predicted molar refractivity (Wildman–Crippen MR) is 123 cm³/mol. The maximum absolute atomic E-state index is 12.6. The van der Waals surface area contributed by atoms with Gasteiger partial charge in [-0.2, -0.15) is 0 Å². The molecule has 2 fully saturated rings. The van der Waals surface area contributed by atoms with E-state index in [1.807, 2.05) is 54.6 Å². The lowest BCUT2D eigenvalue weighted by molar-refractivity contribution is -0.118. The van der Waals surface area contributed by atoms with Crippen LogP contribution in [0.1, 0.15) is 37.7 Å². The molecule has 4 rings (SSSR count). The first-order chi connectivity index (χ1) is 14.1. The quantitative estimate of drug-likeness (QED) is 0.752. The summed E-state index contributed by atoms with van der Waals surface area (Å²) >= 11 is 0. The lowest BCUT2D eigenvalue weighted by Crippen LogP contribution is -2.39. The predicted octanol–water partition coefficient (Wildman–Crippen LogP) is 4.17. The van der Waals surface area contributed by atoms with Gasteiger partial charge in [-0.25, -0.2) is 0 Å². The molecule has 0 aromatic heterocycles. The zero-order valence-corrected chi connectivity index (χ0v) is 18.2. The van der Waals surface area contributed by atoms with Crippen LogP contribution >= 0.6 is 12.4 Å². The maximum atomic E-state index is 12.6. The molecule has 2 N–H and O–H groups in total. The second kappa shape index (κ2) is 10.1. The van der Waals surface area contributed by atoms with Gasteiger partial charge in [0.15, 0.2) is 0 Å². The van der Waals surface area contributed by atoms with Crippen LogP contribution in [0, 0.1) is 5.92 Å². The van der Waals surface area contributed by atoms with Crippen molar-refractivity contribution in [2.75, 3.05) is 17.3 Å². The number of carbonyl (C=O) groups excluding carboxylic acids is 2. The van der Waals surface area contributed by atoms with Crippen LogP contribution in [0.2, 0.25) is 0 Å². The first kappa shape index (κ1) is 22.3. The molecule has 2 aromatic rings. The molecule has 1 saturated carbocycles. The number of hydrogen-bond donors (Lipinski definition) is 2. The van der Waals surface area contributed by atoms with Crippen molar-refractivity contribution in [3.05, 3.63) is 60.2 Å². The Labute approximate surface area is 184 Å². The van der Waals surface area contributed by atoms with Crippen LogP contribution in [-0.4, -0.2) is 30.9 Å². The normalized spacial score (nSPS) is 22.5. The Morgan fingerprint density at radius 1 is 1.03 bits per heavy atom. The minimum absolute atomic E-state index is 0. The summed E-state index contributed by atoms with van der Waals surface area (Å²) in [6, 6.07) is 17.6. The van der Waals surface area contributed by atoms with Crippen LogP contribution in [0.3, 0.4) is 0 Å². The molecule has 1 saturated heterocycles. The average molecular weight is 428 g/mol. The molecule has 1 aliphatic carbocycles. The van der Waals surface area contributed by atoms with Crippen molar-refractivity contribution in [3.8, 4) is 0 Å². The van der Waals surface area contributed by atoms with E-state index in [4.69, 9.17) is 0 Å². The molecular formula is C24H30ClN3O2. The zero-order valence-electron chi connectivity index (χ0n) is 17.3. The Bertz CT molecular complexity index is 843. The standard InChI is InChI=1S/C24H29N3O2.ClH/c1-27(20-8-3-2-4-9-20)23(28)15-17-11-13-19(14-12-17)25-24(29)22-16-18-7-5-6-10-21(18)26-22;/h2-4,8-9,11-14,18,21-22,26H,5-7,10,15-16H2,1H3,(H,25,29);1H. The third kappa shape index (κ3) is 5.21. The number of likely N-dealkylation sites (N-methyl/N-ethyl adjacent to an activating group) is 1. The second-order valence-electron chi connectivity index (χ2n) is 8.26. The molecule has 0 bridgehead atoms. The van der Waals surface area contributed by atoms with Gasteiger partial charge in [-0.1, -0.05) is 43.2 Å². The number of rotatable bonds is 5. The molecule has 1 heterocycles. The van der Waals surface area contributed by atoms with Gasteiger partial charge in [-0.3, -0.25) is 9.59 Å². The molecule has 30 heavy (non-hydrogen) atoms. The van der Waals surface area contributed by atoms with Crippen molar-refractivity contribution >= 4 is 35.6 Å². The van der Waals surface area contributed by atoms with Crippen LogP contribution in [0.25, 0.3) is 0 Å². The van der Waals surface area contributed by atoms with Gasteiger partial charge >= 0.3 is 0 Å². The Hall–Kier alpha value is -2.37. The largest absolute Gasteiger partial charge is 0.325 e. The fraction of sp³-hybridized carbons (Fsp3) is 0.417. The SMILES string of the molecule is CN(C(=O)Cc1ccc(NC(=O)C2CC3CCCCC3N2)cc1)c1ccccc1.Cl. The van der Waals surface area contributed by atoms with Crippen LogP contribution in [-0.2, 0) is 16.0 Å². The number of fused-ring (bicyclic) bond motifs is 1. The van der Waals surface area contributed by atoms with Gasteiger partial charge < -0.3 is 15.5 Å². The summed E-state index contributed by atoms with van der Waals surface area (Å²) in [6.45, 7) is 0. The van der Waals surface area contributed by atoms with Crippen molar-refractivity contribution in [2.24, 2.45) is 5.92 Å². The van der Waals surface area contributed by atoms with Crippen LogP contribution in [0.15, 0.2) is 54.6 Å². The lowest BCUT2D eigenvalue weighted by atomic mass is 9.85. The highest BCUT2D eigenvalue weighted by Gasteiger charge is 2.38. The van der Waals surface area contributed by atoms with E-state index in [1.54, 1.807) is 11.9 Å². The first-order valence-corrected chi connectivity index (χ1v) is 10.6. The number of anilines is 2. The number of benzene rings is 2. The summed E-state index contributed by atoms with van der Waals surface area (Å²) in [7, 11) is 1.79. The van der Waals surface area contributed by atoms with E-state index in [-0.39, 0.29) is 30.3 Å². The number of hydrogen-bond acceptors (Lipinski definition) is 3. The Morgan fingerprint density at radius 3 is 2.43 bits per heavy atom. The number of amides is 2. The highest BCUT2D eigenvalue weighted by molar-refractivity contribution is 5.96. The number of halogens is 1. The summed E-state index contributed by atoms with van der Waals surface area (Å²) in [5.41, 5.74) is 2.59. The van der Waals surface area contributed by atoms with Crippen LogP contribution in [0.5, 0.6) is 0 Å². The number of para-hydroxylation sites is 1. The van der Waals surface area contributed by atoms with Gasteiger partial charge in [0.2, 0.25) is 11.8 Å². The fourth-order valence-corrected chi connectivity index (χ4v) is 4.55. The molecule has 0 spiro atoms. The second-order valence-corrected chi connectivity index (χ2v) is 8.26. The van der Waals surface area contributed by atoms with Crippen molar-refractivity contribution in [2.45, 2.75) is 50.6 Å². The van der Waals surface area contributed by atoms with E-state index in [2.05, 4.69) is 10.6 Å². The summed E-state index contributed by atoms with van der Waals surface area (Å²) in [5.74, 6) is 0.729. The highest BCUT2D eigenvalue weighted by Crippen LogP contribution is 2.33. The molecule has 3 atom stereocenters. The third-order valence-electron chi connectivity index (χ3n) is 6.27. The average Bonchev–Trinajstić information content (AvgIpc) is 3.20. The van der Waals surface area contributed by atoms with E-state index in [0.717, 1.165) is 23.4 Å². The minimum Gasteiger partial charge on any atom is -0.325 e. The summed E-state index contributed by atoms with van der Waals surface area (Å²) in [5, 5.41) is 6.54. The number of nitrogens with zero attached hydrogens (tertiary/aromatic N) is 1. The van der Waals surface area contributed by atoms with Crippen molar-refractivity contribution in [1.82, 2.24) is 5.32 Å². The van der Waals surface area contributed by atoms with E-state index in [9.17, 15) is 9.59 Å². The Balaban J connectivity index is 0.00000256. The van der Waals surface area contributed by atoms with E-state index in [0.29, 0.717) is 18.4 Å². The monoisotopic (exact) mass is 427 g/mol. The molecule has 5 nitrogen and oxygen atoms in total. The van der Waals surface area contributed by atoms with Crippen molar-refractivity contribution in [3.63, 3.8) is 0 Å². The molecule has 160 valence electrons. The zero-order chi connectivity index (χ0) is 20.2. The molecule has 6 heteroatoms. The number of carbonyl (C=O) groups is 2. The highest BCUT2D eigenvalue weighted by atomic mass is 35.5. The van der Waals surface area contributed by atoms with Gasteiger partial charge in [-0.15, -0.1) is 12.4 Å². The van der Waals surface area contributed by atoms with Gasteiger partial charge in [0.1, 0.15) is 0 Å². The van der Waals surface area contributed by atoms with Crippen molar-refractivity contribution in [1.29, 1.82) is 0 Å². The molecular weight excluding hydrogens is 398 g/mol. The Kier molecular flexibility index (Phi) is 7.51. The number of nitrogens with one attached hydrogen (secondary N) is 2. The van der Waals surface area contributed by atoms with E-state index in [1.165, 1.54) is 25.7 Å². The van der Waals surface area contributed by atoms with E-state index < -0.39 is 0 Å². The van der Waals surface area contributed by atoms with Crippen LogP contribution in [0.4, 0.5) is 11.4 Å². The molecule has 1 aliphatic heterocycles. The molecule has 3 unspecified atom stereocenters. The molecule has 2 amide bonds. The van der Waals surface area contributed by atoms with Crippen molar-refractivity contribution < 1.29 is 9.59 Å². The Morgan fingerprint density at radius 2 is 1.73 bits per heavy atom. The smallest absolute Gasteiger partial charge is 0.241 e. The maximum Gasteiger partial charge on any atom is 0.241 e.